The van der Waals surface area contributed by atoms with Gasteiger partial charge in [0.15, 0.2) is 0 Å². The van der Waals surface area contributed by atoms with Crippen molar-refractivity contribution in [2.24, 2.45) is 5.16 Å². The third kappa shape index (κ3) is 5.55. The smallest absolute Gasteiger partial charge is 0.390 e. The zero-order chi connectivity index (χ0) is 18.8. The molecule has 1 rings (SSSR count). The van der Waals surface area contributed by atoms with Crippen LogP contribution in [-0.2, 0) is 14.9 Å². The lowest BCUT2D eigenvalue weighted by Crippen LogP contribution is -2.30. The van der Waals surface area contributed by atoms with Gasteiger partial charge in [-0.15, -0.1) is 0 Å². The van der Waals surface area contributed by atoms with Crippen LogP contribution in [0.25, 0.3) is 0 Å². The van der Waals surface area contributed by atoms with Gasteiger partial charge >= 0.3 is 15.5 Å². The fraction of sp³-hybridized carbons (Fsp3) is 0.500. The van der Waals surface area contributed by atoms with Gasteiger partial charge in [0.2, 0.25) is 0 Å². The van der Waals surface area contributed by atoms with Gasteiger partial charge in [-0.25, -0.2) is 0 Å². The number of hydrogen-bond donors (Lipinski definition) is 1. The summed E-state index contributed by atoms with van der Waals surface area (Å²) in [5.41, 5.74) is -5.97. The Labute approximate surface area is 143 Å². The predicted molar refractivity (Wildman–Crippen MR) is 87.7 cm³/mol. The zero-order valence-corrected chi connectivity index (χ0v) is 15.1. The quantitative estimate of drug-likeness (QED) is 0.597. The Morgan fingerprint density at radius 1 is 1.29 bits per heavy atom. The molecule has 0 spiro atoms. The Kier molecular flexibility index (Phi) is 6.15. The molecule has 0 fully saturated rings. The Bertz CT molecular complexity index is 726. The molecule has 24 heavy (non-hydrogen) atoms. The second kappa shape index (κ2) is 7.18. The number of rotatable bonds is 5. The second-order valence-corrected chi connectivity index (χ2v) is 7.95. The topological polar surface area (TPSA) is 67.8 Å². The van der Waals surface area contributed by atoms with E-state index in [1.807, 2.05) is 0 Å². The molecule has 0 heterocycles. The van der Waals surface area contributed by atoms with Crippen LogP contribution >= 0.6 is 11.6 Å². The van der Waals surface area contributed by atoms with E-state index in [0.717, 1.165) is 6.07 Å². The van der Waals surface area contributed by atoms with Crippen molar-refractivity contribution in [3.8, 4) is 0 Å². The molecule has 0 aromatic heterocycles. The van der Waals surface area contributed by atoms with Gasteiger partial charge in [-0.2, -0.15) is 21.6 Å². The second-order valence-electron chi connectivity index (χ2n) is 5.84. The molecule has 0 bridgehead atoms. The van der Waals surface area contributed by atoms with E-state index in [9.17, 15) is 21.6 Å². The maximum absolute atomic E-state index is 12.6. The molecule has 136 valence electrons. The number of halogens is 4. The fourth-order valence-corrected chi connectivity index (χ4v) is 2.30. The van der Waals surface area contributed by atoms with E-state index in [-0.39, 0.29) is 28.4 Å². The lowest BCUT2D eigenvalue weighted by atomic mass is 10.1. The highest BCUT2D eigenvalue weighted by Crippen LogP contribution is 2.29. The van der Waals surface area contributed by atoms with E-state index in [1.165, 1.54) is 16.9 Å². The lowest BCUT2D eigenvalue weighted by molar-refractivity contribution is -0.0429. The summed E-state index contributed by atoms with van der Waals surface area (Å²) >= 11 is 5.87. The normalized spacial score (nSPS) is 13.8. The molecule has 0 saturated carbocycles. The average molecular weight is 387 g/mol. The summed E-state index contributed by atoms with van der Waals surface area (Å²) in [5.74, 6) is 0. The predicted octanol–water partition coefficient (Wildman–Crippen LogP) is 4.53. The Morgan fingerprint density at radius 2 is 1.88 bits per heavy atom. The van der Waals surface area contributed by atoms with Crippen molar-refractivity contribution in [3.05, 3.63) is 28.8 Å². The molecule has 5 nitrogen and oxygen atoms in total. The summed E-state index contributed by atoms with van der Waals surface area (Å²) in [6, 6.07) is 3.74. The van der Waals surface area contributed by atoms with Crippen LogP contribution in [0.15, 0.2) is 23.4 Å². The SMILES string of the molecule is CC/C(=N\OC(C)(C)C)c1cc(Cl)ccc1NS(=O)(=O)C(F)(F)F. The van der Waals surface area contributed by atoms with E-state index in [2.05, 4.69) is 5.16 Å². The molecule has 10 heteroatoms. The summed E-state index contributed by atoms with van der Waals surface area (Å²) < 4.78 is 62.0. The first kappa shape index (κ1) is 20.6. The third-order valence-corrected chi connectivity index (χ3v) is 3.94. The van der Waals surface area contributed by atoms with Gasteiger partial charge in [0.1, 0.15) is 5.60 Å². The Hall–Kier alpha value is -1.48. The van der Waals surface area contributed by atoms with Gasteiger partial charge in [-0.05, 0) is 45.4 Å². The molecule has 0 unspecified atom stereocenters. The summed E-state index contributed by atoms with van der Waals surface area (Å²) in [5, 5.41) is 4.14. The highest BCUT2D eigenvalue weighted by molar-refractivity contribution is 7.93. The minimum Gasteiger partial charge on any atom is -0.390 e. The lowest BCUT2D eigenvalue weighted by Gasteiger charge is -2.18. The van der Waals surface area contributed by atoms with Gasteiger partial charge in [-0.1, -0.05) is 23.7 Å². The molecule has 1 aromatic rings. The molecule has 0 atom stereocenters. The summed E-state index contributed by atoms with van der Waals surface area (Å²) in [6.45, 7) is 6.94. The van der Waals surface area contributed by atoms with Gasteiger partial charge in [0, 0.05) is 10.6 Å². The highest BCUT2D eigenvalue weighted by atomic mass is 35.5. The van der Waals surface area contributed by atoms with Crippen LogP contribution in [0.5, 0.6) is 0 Å². The van der Waals surface area contributed by atoms with E-state index in [1.54, 1.807) is 27.7 Å². The van der Waals surface area contributed by atoms with Crippen LogP contribution in [0, 0.1) is 0 Å². The molecule has 0 aliphatic rings. The molecule has 0 amide bonds. The fourth-order valence-electron chi connectivity index (χ4n) is 1.54. The van der Waals surface area contributed by atoms with E-state index in [0.29, 0.717) is 0 Å². The summed E-state index contributed by atoms with van der Waals surface area (Å²) in [7, 11) is -5.56. The molecule has 1 aromatic carbocycles. The van der Waals surface area contributed by atoms with Gasteiger partial charge < -0.3 is 4.84 Å². The number of nitrogens with zero attached hydrogens (tertiary/aromatic N) is 1. The maximum atomic E-state index is 12.6. The van der Waals surface area contributed by atoms with Crippen molar-refractivity contribution in [1.82, 2.24) is 0 Å². The monoisotopic (exact) mass is 386 g/mol. The number of benzene rings is 1. The van der Waals surface area contributed by atoms with Crippen LogP contribution < -0.4 is 4.72 Å². The minimum atomic E-state index is -5.56. The molecule has 1 N–H and O–H groups in total. The molecular formula is C14H18ClF3N2O3S. The van der Waals surface area contributed by atoms with Crippen molar-refractivity contribution in [2.45, 2.75) is 45.2 Å². The van der Waals surface area contributed by atoms with Crippen LogP contribution in [0.2, 0.25) is 5.02 Å². The first-order valence-electron chi connectivity index (χ1n) is 6.91. The Balaban J connectivity index is 3.35. The largest absolute Gasteiger partial charge is 0.516 e. The standard InChI is InChI=1S/C14H18ClF3N2O3S/c1-5-11(19-23-13(2,3)4)10-8-9(15)6-7-12(10)20-24(21,22)14(16,17)18/h6-8,20H,5H2,1-4H3/b19-11+. The highest BCUT2D eigenvalue weighted by Gasteiger charge is 2.46. The maximum Gasteiger partial charge on any atom is 0.516 e. The zero-order valence-electron chi connectivity index (χ0n) is 13.5. The molecule has 0 saturated heterocycles. The van der Waals surface area contributed by atoms with Gasteiger partial charge in [-0.3, -0.25) is 4.72 Å². The van der Waals surface area contributed by atoms with E-state index >= 15 is 0 Å². The summed E-state index contributed by atoms with van der Waals surface area (Å²) in [4.78, 5) is 5.27. The number of alkyl halides is 3. The van der Waals surface area contributed by atoms with E-state index < -0.39 is 21.1 Å². The van der Waals surface area contributed by atoms with Crippen LogP contribution in [-0.4, -0.2) is 25.2 Å². The third-order valence-electron chi connectivity index (χ3n) is 2.61. The van der Waals surface area contributed by atoms with Crippen molar-refractivity contribution in [1.29, 1.82) is 0 Å². The van der Waals surface area contributed by atoms with Crippen molar-refractivity contribution >= 4 is 33.0 Å². The van der Waals surface area contributed by atoms with E-state index in [4.69, 9.17) is 16.4 Å². The number of oxime groups is 1. The van der Waals surface area contributed by atoms with Crippen LogP contribution in [0.1, 0.15) is 39.7 Å². The first-order chi connectivity index (χ1) is 10.8. The van der Waals surface area contributed by atoms with Gasteiger partial charge in [0.25, 0.3) is 0 Å². The Morgan fingerprint density at radius 3 is 2.33 bits per heavy atom. The van der Waals surface area contributed by atoms with Crippen molar-refractivity contribution in [2.75, 3.05) is 4.72 Å². The molecule has 0 radical (unpaired) electrons. The number of hydrogen-bond acceptors (Lipinski definition) is 4. The number of sulfonamides is 1. The summed E-state index contributed by atoms with van der Waals surface area (Å²) in [6.07, 6.45) is 0.289. The van der Waals surface area contributed by atoms with Crippen LogP contribution in [0.3, 0.4) is 0 Å². The van der Waals surface area contributed by atoms with Crippen molar-refractivity contribution < 1.29 is 26.4 Å². The minimum absolute atomic E-state index is 0.113. The number of nitrogens with one attached hydrogen (secondary N) is 1. The van der Waals surface area contributed by atoms with Crippen LogP contribution in [0.4, 0.5) is 18.9 Å². The first-order valence-corrected chi connectivity index (χ1v) is 8.77. The molecular weight excluding hydrogens is 369 g/mol. The molecule has 0 aliphatic heterocycles. The average Bonchev–Trinajstić information content (AvgIpc) is 2.39. The number of anilines is 1. The molecule has 0 aliphatic carbocycles. The van der Waals surface area contributed by atoms with Gasteiger partial charge in [0.05, 0.1) is 11.4 Å². The van der Waals surface area contributed by atoms with Crippen molar-refractivity contribution in [3.63, 3.8) is 0 Å².